The molecule has 0 fully saturated rings. The van der Waals surface area contributed by atoms with E-state index >= 15 is 0 Å². The number of nitrogens with zero attached hydrogens (tertiary/aromatic N) is 2. The van der Waals surface area contributed by atoms with Crippen molar-refractivity contribution >= 4 is 5.91 Å². The maximum Gasteiger partial charge on any atom is 0.275 e. The first-order valence-corrected chi connectivity index (χ1v) is 6.44. The minimum absolute atomic E-state index is 0.172. The molecule has 0 aliphatic rings. The highest BCUT2D eigenvalue weighted by Crippen LogP contribution is 2.11. The van der Waals surface area contributed by atoms with Crippen molar-refractivity contribution in [3.63, 3.8) is 0 Å². The molecule has 0 saturated heterocycles. The fourth-order valence-corrected chi connectivity index (χ4v) is 1.70. The van der Waals surface area contributed by atoms with Gasteiger partial charge in [-0.1, -0.05) is 22.9 Å². The van der Waals surface area contributed by atoms with Gasteiger partial charge < -0.3 is 14.2 Å². The highest BCUT2D eigenvalue weighted by atomic mass is 16.5. The topological polar surface area (TPSA) is 55.6 Å². The third kappa shape index (κ3) is 3.60. The summed E-state index contributed by atoms with van der Waals surface area (Å²) >= 11 is 0. The molecule has 1 heterocycles. The lowest BCUT2D eigenvalue weighted by Gasteiger charge is -2.16. The van der Waals surface area contributed by atoms with Crippen LogP contribution in [0.2, 0.25) is 0 Å². The van der Waals surface area contributed by atoms with E-state index in [2.05, 4.69) is 5.16 Å². The zero-order valence-electron chi connectivity index (χ0n) is 11.9. The minimum atomic E-state index is -0.172. The van der Waals surface area contributed by atoms with Gasteiger partial charge in [0.25, 0.3) is 5.91 Å². The lowest BCUT2D eigenvalue weighted by Crippen LogP contribution is -2.31. The van der Waals surface area contributed by atoms with Crippen LogP contribution in [0.1, 0.15) is 21.8 Å². The van der Waals surface area contributed by atoms with Gasteiger partial charge in [-0.05, 0) is 26.0 Å². The number of carbonyl (C=O) groups is 1. The summed E-state index contributed by atoms with van der Waals surface area (Å²) < 4.78 is 10.5. The largest absolute Gasteiger partial charge is 0.492 e. The van der Waals surface area contributed by atoms with Crippen molar-refractivity contribution in [2.75, 3.05) is 20.2 Å². The molecule has 1 aromatic carbocycles. The van der Waals surface area contributed by atoms with Crippen LogP contribution >= 0.6 is 0 Å². The Morgan fingerprint density at radius 1 is 1.30 bits per heavy atom. The zero-order valence-corrected chi connectivity index (χ0v) is 11.9. The first-order valence-electron chi connectivity index (χ1n) is 6.44. The van der Waals surface area contributed by atoms with Crippen molar-refractivity contribution in [1.82, 2.24) is 10.1 Å². The minimum Gasteiger partial charge on any atom is -0.492 e. The van der Waals surface area contributed by atoms with Gasteiger partial charge in [0.2, 0.25) is 0 Å². The van der Waals surface area contributed by atoms with E-state index in [1.807, 2.05) is 31.2 Å². The van der Waals surface area contributed by atoms with E-state index < -0.39 is 0 Å². The molecule has 20 heavy (non-hydrogen) atoms. The Balaban J connectivity index is 1.81. The highest BCUT2D eigenvalue weighted by molar-refractivity contribution is 5.92. The Labute approximate surface area is 118 Å². The van der Waals surface area contributed by atoms with Crippen molar-refractivity contribution in [1.29, 1.82) is 0 Å². The molecule has 0 saturated carbocycles. The molecule has 106 valence electrons. The number of aryl methyl sites for hydroxylation is 2. The highest BCUT2D eigenvalue weighted by Gasteiger charge is 2.15. The molecule has 0 atom stereocenters. The summed E-state index contributed by atoms with van der Waals surface area (Å²) in [6.07, 6.45) is 0. The average Bonchev–Trinajstić information content (AvgIpc) is 2.86. The summed E-state index contributed by atoms with van der Waals surface area (Å²) in [7, 11) is 1.71. The van der Waals surface area contributed by atoms with Gasteiger partial charge in [-0.2, -0.15) is 0 Å². The normalized spacial score (nSPS) is 10.3. The van der Waals surface area contributed by atoms with Crippen LogP contribution in [0.4, 0.5) is 0 Å². The summed E-state index contributed by atoms with van der Waals surface area (Å²) in [5.74, 6) is 1.25. The van der Waals surface area contributed by atoms with E-state index in [-0.39, 0.29) is 5.91 Å². The summed E-state index contributed by atoms with van der Waals surface area (Å²) in [4.78, 5) is 13.6. The van der Waals surface area contributed by atoms with Crippen molar-refractivity contribution in [3.8, 4) is 5.75 Å². The molecule has 5 heteroatoms. The van der Waals surface area contributed by atoms with Crippen molar-refractivity contribution in [2.24, 2.45) is 0 Å². The molecule has 0 radical (unpaired) electrons. The number of hydrogen-bond acceptors (Lipinski definition) is 4. The van der Waals surface area contributed by atoms with Gasteiger partial charge in [-0.15, -0.1) is 0 Å². The molecule has 0 unspecified atom stereocenters. The van der Waals surface area contributed by atoms with Crippen LogP contribution in [0.15, 0.2) is 34.9 Å². The quantitative estimate of drug-likeness (QED) is 0.840. The Kier molecular flexibility index (Phi) is 4.40. The molecule has 0 aliphatic carbocycles. The van der Waals surface area contributed by atoms with Crippen molar-refractivity contribution in [2.45, 2.75) is 13.8 Å². The molecular formula is C15H18N2O3. The summed E-state index contributed by atoms with van der Waals surface area (Å²) in [5, 5.41) is 3.71. The number of likely N-dealkylation sites (N-methyl/N-ethyl adjacent to an activating group) is 1. The summed E-state index contributed by atoms with van der Waals surface area (Å²) in [6, 6.07) is 9.43. The first kappa shape index (κ1) is 14.1. The predicted molar refractivity (Wildman–Crippen MR) is 74.9 cm³/mol. The number of benzene rings is 1. The van der Waals surface area contributed by atoms with Crippen LogP contribution < -0.4 is 4.74 Å². The number of ether oxygens (including phenoxy) is 1. The Morgan fingerprint density at radius 3 is 2.60 bits per heavy atom. The van der Waals surface area contributed by atoms with E-state index in [1.165, 1.54) is 5.56 Å². The van der Waals surface area contributed by atoms with Crippen LogP contribution in [-0.4, -0.2) is 36.2 Å². The number of amides is 1. The van der Waals surface area contributed by atoms with E-state index in [0.29, 0.717) is 24.6 Å². The molecule has 1 amide bonds. The maximum absolute atomic E-state index is 12.0. The third-order valence-corrected chi connectivity index (χ3v) is 2.91. The smallest absolute Gasteiger partial charge is 0.275 e. The number of aromatic nitrogens is 1. The van der Waals surface area contributed by atoms with Crippen LogP contribution in [0.25, 0.3) is 0 Å². The molecule has 0 spiro atoms. The standard InChI is InChI=1S/C15H18N2O3/c1-11-4-6-13(7-5-11)19-9-8-17(3)15(18)14-10-12(2)20-16-14/h4-7,10H,8-9H2,1-3H3. The fourth-order valence-electron chi connectivity index (χ4n) is 1.70. The van der Waals surface area contributed by atoms with Gasteiger partial charge >= 0.3 is 0 Å². The first-order chi connectivity index (χ1) is 9.56. The summed E-state index contributed by atoms with van der Waals surface area (Å²) in [6.45, 7) is 4.70. The van der Waals surface area contributed by atoms with Crippen LogP contribution in [0, 0.1) is 13.8 Å². The predicted octanol–water partition coefficient (Wildman–Crippen LogP) is 2.44. The SMILES string of the molecule is Cc1ccc(OCCN(C)C(=O)c2cc(C)on2)cc1. The Morgan fingerprint density at radius 2 is 2.00 bits per heavy atom. The number of hydrogen-bond donors (Lipinski definition) is 0. The molecule has 2 aromatic rings. The monoisotopic (exact) mass is 274 g/mol. The van der Waals surface area contributed by atoms with Gasteiger partial charge in [0.15, 0.2) is 5.69 Å². The molecule has 1 aromatic heterocycles. The molecule has 0 bridgehead atoms. The van der Waals surface area contributed by atoms with E-state index in [4.69, 9.17) is 9.26 Å². The number of rotatable bonds is 5. The van der Waals surface area contributed by atoms with Gasteiger partial charge in [0.05, 0.1) is 6.54 Å². The van der Waals surface area contributed by atoms with Crippen LogP contribution in [0.3, 0.4) is 0 Å². The molecule has 0 N–H and O–H groups in total. The van der Waals surface area contributed by atoms with E-state index in [0.717, 1.165) is 5.75 Å². The molecule has 0 aliphatic heterocycles. The lowest BCUT2D eigenvalue weighted by molar-refractivity contribution is 0.0763. The maximum atomic E-state index is 12.0. The number of carbonyl (C=O) groups excluding carboxylic acids is 1. The van der Waals surface area contributed by atoms with Gasteiger partial charge in [0.1, 0.15) is 18.1 Å². The lowest BCUT2D eigenvalue weighted by atomic mass is 10.2. The zero-order chi connectivity index (χ0) is 14.5. The average molecular weight is 274 g/mol. The molecule has 5 nitrogen and oxygen atoms in total. The van der Waals surface area contributed by atoms with Gasteiger partial charge in [-0.3, -0.25) is 4.79 Å². The second kappa shape index (κ2) is 6.23. The Hall–Kier alpha value is -2.30. The molecule has 2 rings (SSSR count). The third-order valence-electron chi connectivity index (χ3n) is 2.91. The second-order valence-electron chi connectivity index (χ2n) is 4.71. The van der Waals surface area contributed by atoms with Crippen LogP contribution in [-0.2, 0) is 0 Å². The Bertz CT molecular complexity index is 575. The van der Waals surface area contributed by atoms with Crippen LogP contribution in [0.5, 0.6) is 5.75 Å². The summed E-state index contributed by atoms with van der Waals surface area (Å²) in [5.41, 5.74) is 1.51. The van der Waals surface area contributed by atoms with Gasteiger partial charge in [-0.25, -0.2) is 0 Å². The van der Waals surface area contributed by atoms with Crippen molar-refractivity contribution in [3.05, 3.63) is 47.3 Å². The van der Waals surface area contributed by atoms with Crippen molar-refractivity contribution < 1.29 is 14.1 Å². The second-order valence-corrected chi connectivity index (χ2v) is 4.71. The van der Waals surface area contributed by atoms with E-state index in [9.17, 15) is 4.79 Å². The fraction of sp³-hybridized carbons (Fsp3) is 0.333. The molecular weight excluding hydrogens is 256 g/mol. The van der Waals surface area contributed by atoms with Gasteiger partial charge in [0, 0.05) is 13.1 Å². The van der Waals surface area contributed by atoms with E-state index in [1.54, 1.807) is 24.9 Å².